The molecule has 2 aromatic rings. The molecule has 0 aliphatic carbocycles. The smallest absolute Gasteiger partial charge is 0.305 e. The van der Waals surface area contributed by atoms with Gasteiger partial charge in [-0.2, -0.15) is 0 Å². The highest BCUT2D eigenvalue weighted by Gasteiger charge is 2.41. The summed E-state index contributed by atoms with van der Waals surface area (Å²) < 4.78 is 12.9. The summed E-state index contributed by atoms with van der Waals surface area (Å²) in [5.74, 6) is -0.201. The second-order valence-corrected chi connectivity index (χ2v) is 8.11. The highest BCUT2D eigenvalue weighted by molar-refractivity contribution is 7.80. The molecule has 8 heteroatoms. The second-order valence-electron chi connectivity index (χ2n) is 7.72. The van der Waals surface area contributed by atoms with Crippen LogP contribution in [0.15, 0.2) is 42.7 Å². The van der Waals surface area contributed by atoms with Gasteiger partial charge in [-0.05, 0) is 55.7 Å². The second kappa shape index (κ2) is 9.57. The van der Waals surface area contributed by atoms with Gasteiger partial charge in [0.25, 0.3) is 0 Å². The number of carbonyl (C=O) groups is 1. The maximum Gasteiger partial charge on any atom is 0.305 e. The largest absolute Gasteiger partial charge is 0.469 e. The van der Waals surface area contributed by atoms with Gasteiger partial charge in [0.1, 0.15) is 0 Å². The molecule has 2 aromatic heterocycles. The molecule has 2 saturated heterocycles. The predicted octanol–water partition coefficient (Wildman–Crippen LogP) is 2.99. The minimum absolute atomic E-state index is 0.0125. The molecule has 0 radical (unpaired) electrons. The molecular formula is C22H28N4O3S. The number of nitrogens with zero attached hydrogens (tertiary/aromatic N) is 3. The van der Waals surface area contributed by atoms with Crippen molar-refractivity contribution in [3.05, 3.63) is 54.1 Å². The summed E-state index contributed by atoms with van der Waals surface area (Å²) in [5, 5.41) is 4.15. The Morgan fingerprint density at radius 3 is 3.00 bits per heavy atom. The average Bonchev–Trinajstić information content (AvgIpc) is 3.50. The van der Waals surface area contributed by atoms with E-state index >= 15 is 0 Å². The van der Waals surface area contributed by atoms with E-state index in [0.29, 0.717) is 24.5 Å². The van der Waals surface area contributed by atoms with Crippen LogP contribution in [0.5, 0.6) is 0 Å². The lowest BCUT2D eigenvalue weighted by Crippen LogP contribution is -2.32. The zero-order valence-corrected chi connectivity index (χ0v) is 18.0. The van der Waals surface area contributed by atoms with Crippen LogP contribution in [0.3, 0.4) is 0 Å². The standard InChI is InChI=1S/C22H28N4O3S/c1-28-19(27)10-5-13-26-21(20(24-22(26)30)17-8-2-3-11-23-17)18-9-4-12-25(18)15-16-7-6-14-29-16/h2-4,8-9,11-12,16,20-21H,5-7,10,13-15H2,1H3,(H,24,30)/t16-,20+,21+/m0/s1. The summed E-state index contributed by atoms with van der Waals surface area (Å²) in [7, 11) is 1.42. The normalized spacial score (nSPS) is 23.6. The Hall–Kier alpha value is -2.45. The summed E-state index contributed by atoms with van der Waals surface area (Å²) in [6.07, 6.45) is 7.42. The van der Waals surface area contributed by atoms with Gasteiger partial charge in [-0.1, -0.05) is 6.07 Å². The maximum atomic E-state index is 11.6. The lowest BCUT2D eigenvalue weighted by molar-refractivity contribution is -0.140. The zero-order valence-electron chi connectivity index (χ0n) is 17.2. The zero-order chi connectivity index (χ0) is 20.9. The van der Waals surface area contributed by atoms with Crippen molar-refractivity contribution in [3.8, 4) is 0 Å². The van der Waals surface area contributed by atoms with Gasteiger partial charge >= 0.3 is 5.97 Å². The SMILES string of the molecule is COC(=O)CCCN1C(=S)N[C@H](c2ccccn2)[C@H]1c1cccn1C[C@@H]1CCCO1. The van der Waals surface area contributed by atoms with Gasteiger partial charge in [0, 0.05) is 44.2 Å². The van der Waals surface area contributed by atoms with Crippen LogP contribution in [0, 0.1) is 0 Å². The van der Waals surface area contributed by atoms with Crippen LogP contribution in [0.25, 0.3) is 0 Å². The minimum Gasteiger partial charge on any atom is -0.469 e. The number of methoxy groups -OCH3 is 1. The number of ether oxygens (including phenoxy) is 2. The fraction of sp³-hybridized carbons (Fsp3) is 0.500. The number of aromatic nitrogens is 2. The predicted molar refractivity (Wildman–Crippen MR) is 117 cm³/mol. The molecule has 0 saturated carbocycles. The molecule has 0 aromatic carbocycles. The Balaban J connectivity index is 1.61. The Bertz CT molecular complexity index is 866. The van der Waals surface area contributed by atoms with E-state index in [4.69, 9.17) is 21.7 Å². The fourth-order valence-corrected chi connectivity index (χ4v) is 4.67. The number of esters is 1. The highest BCUT2D eigenvalue weighted by Crippen LogP contribution is 2.39. The average molecular weight is 429 g/mol. The van der Waals surface area contributed by atoms with Crippen LogP contribution < -0.4 is 5.32 Å². The van der Waals surface area contributed by atoms with Crippen LogP contribution >= 0.6 is 12.2 Å². The first-order valence-corrected chi connectivity index (χ1v) is 10.9. The first-order chi connectivity index (χ1) is 14.7. The molecule has 0 unspecified atom stereocenters. The third kappa shape index (κ3) is 4.49. The van der Waals surface area contributed by atoms with Crippen molar-refractivity contribution in [1.82, 2.24) is 19.8 Å². The summed E-state index contributed by atoms with van der Waals surface area (Å²) in [4.78, 5) is 18.4. The Morgan fingerprint density at radius 1 is 1.37 bits per heavy atom. The monoisotopic (exact) mass is 428 g/mol. The van der Waals surface area contributed by atoms with Gasteiger partial charge in [-0.3, -0.25) is 9.78 Å². The minimum atomic E-state index is -0.201. The lowest BCUT2D eigenvalue weighted by atomic mass is 10.0. The van der Waals surface area contributed by atoms with E-state index in [1.54, 1.807) is 0 Å². The van der Waals surface area contributed by atoms with E-state index in [9.17, 15) is 4.79 Å². The number of rotatable bonds is 8. The summed E-state index contributed by atoms with van der Waals surface area (Å²) >= 11 is 5.70. The van der Waals surface area contributed by atoms with Crippen molar-refractivity contribution < 1.29 is 14.3 Å². The van der Waals surface area contributed by atoms with Gasteiger partial charge in [-0.15, -0.1) is 0 Å². The molecule has 4 rings (SSSR count). The van der Waals surface area contributed by atoms with Crippen molar-refractivity contribution in [3.63, 3.8) is 0 Å². The number of thiocarbonyl (C=S) groups is 1. The molecule has 7 nitrogen and oxygen atoms in total. The van der Waals surface area contributed by atoms with Crippen LogP contribution in [0.2, 0.25) is 0 Å². The Labute approximate surface area is 182 Å². The van der Waals surface area contributed by atoms with Gasteiger partial charge < -0.3 is 24.3 Å². The number of nitrogens with one attached hydrogen (secondary N) is 1. The summed E-state index contributed by atoms with van der Waals surface area (Å²) in [5.41, 5.74) is 2.12. The molecule has 2 fully saturated rings. The van der Waals surface area contributed by atoms with Crippen molar-refractivity contribution in [1.29, 1.82) is 0 Å². The van der Waals surface area contributed by atoms with Crippen LogP contribution in [-0.4, -0.2) is 51.9 Å². The Kier molecular flexibility index (Phi) is 6.64. The molecule has 2 aliphatic rings. The molecule has 2 aliphatic heterocycles. The first kappa shape index (κ1) is 20.8. The molecule has 0 bridgehead atoms. The van der Waals surface area contributed by atoms with Gasteiger partial charge in [0.05, 0.1) is 31.0 Å². The highest BCUT2D eigenvalue weighted by atomic mass is 32.1. The fourth-order valence-electron chi connectivity index (χ4n) is 4.33. The molecule has 30 heavy (non-hydrogen) atoms. The van der Waals surface area contributed by atoms with Crippen molar-refractivity contribution in [2.45, 2.75) is 50.4 Å². The van der Waals surface area contributed by atoms with Gasteiger partial charge in [-0.25, -0.2) is 0 Å². The topological polar surface area (TPSA) is 68.6 Å². The quantitative estimate of drug-likeness (QED) is 0.512. The van der Waals surface area contributed by atoms with Crippen LogP contribution in [0.4, 0.5) is 0 Å². The third-order valence-corrected chi connectivity index (χ3v) is 6.15. The van der Waals surface area contributed by atoms with E-state index in [-0.39, 0.29) is 24.2 Å². The molecule has 0 spiro atoms. The Morgan fingerprint density at radius 2 is 2.27 bits per heavy atom. The van der Waals surface area contributed by atoms with E-state index < -0.39 is 0 Å². The van der Waals surface area contributed by atoms with Crippen molar-refractivity contribution in [2.24, 2.45) is 0 Å². The third-order valence-electron chi connectivity index (χ3n) is 5.80. The number of hydrogen-bond donors (Lipinski definition) is 1. The number of hydrogen-bond acceptors (Lipinski definition) is 5. The van der Waals surface area contributed by atoms with Crippen LogP contribution in [-0.2, 0) is 20.8 Å². The van der Waals surface area contributed by atoms with E-state index in [2.05, 4.69) is 38.1 Å². The maximum absolute atomic E-state index is 11.6. The van der Waals surface area contributed by atoms with E-state index in [1.807, 2.05) is 24.4 Å². The first-order valence-electron chi connectivity index (χ1n) is 10.5. The van der Waals surface area contributed by atoms with Crippen molar-refractivity contribution >= 4 is 23.3 Å². The van der Waals surface area contributed by atoms with E-state index in [0.717, 1.165) is 31.7 Å². The molecule has 160 valence electrons. The number of carbonyl (C=O) groups excluding carboxylic acids is 1. The molecular weight excluding hydrogens is 400 g/mol. The van der Waals surface area contributed by atoms with Crippen LogP contribution in [0.1, 0.15) is 49.2 Å². The molecule has 4 heterocycles. The summed E-state index contributed by atoms with van der Waals surface area (Å²) in [6.45, 7) is 2.34. The van der Waals surface area contributed by atoms with E-state index in [1.165, 1.54) is 12.8 Å². The molecule has 3 atom stereocenters. The summed E-state index contributed by atoms with van der Waals surface area (Å²) in [6, 6.07) is 10.1. The van der Waals surface area contributed by atoms with Crippen molar-refractivity contribution in [2.75, 3.05) is 20.3 Å². The molecule has 0 amide bonds. The number of pyridine rings is 1. The van der Waals surface area contributed by atoms with Gasteiger partial charge in [0.15, 0.2) is 5.11 Å². The molecule has 1 N–H and O–H groups in total. The van der Waals surface area contributed by atoms with Gasteiger partial charge in [0.2, 0.25) is 0 Å². The lowest BCUT2D eigenvalue weighted by Gasteiger charge is -2.29.